The van der Waals surface area contributed by atoms with Crippen molar-refractivity contribution in [2.45, 2.75) is 24.2 Å². The lowest BCUT2D eigenvalue weighted by Gasteiger charge is -2.16. The average Bonchev–Trinajstić information content (AvgIpc) is 3.32. The summed E-state index contributed by atoms with van der Waals surface area (Å²) in [4.78, 5) is 4.41. The van der Waals surface area contributed by atoms with Gasteiger partial charge in [0.25, 0.3) is 0 Å². The first-order valence-electron chi connectivity index (χ1n) is 8.45. The molecule has 0 aliphatic carbocycles. The molecule has 0 N–H and O–H groups in total. The maximum Gasteiger partial charge on any atom is 0.249 e. The van der Waals surface area contributed by atoms with Gasteiger partial charge in [-0.3, -0.25) is 4.98 Å². The number of sulfonamides is 1. The van der Waals surface area contributed by atoms with E-state index in [0.29, 0.717) is 36.3 Å². The minimum atomic E-state index is -3.60. The quantitative estimate of drug-likeness (QED) is 0.663. The summed E-state index contributed by atoms with van der Waals surface area (Å²) in [6, 6.07) is 10.0. The summed E-state index contributed by atoms with van der Waals surface area (Å²) < 4.78 is 32.8. The predicted octanol–water partition coefficient (Wildman–Crippen LogP) is 3.27. The van der Waals surface area contributed by atoms with Crippen molar-refractivity contribution < 1.29 is 12.8 Å². The highest BCUT2D eigenvalue weighted by molar-refractivity contribution is 7.89. The van der Waals surface area contributed by atoms with Crippen LogP contribution in [0.1, 0.15) is 23.9 Å². The number of halogens is 1. The Morgan fingerprint density at radius 3 is 2.81 bits per heavy atom. The second-order valence-electron chi connectivity index (χ2n) is 6.44. The second-order valence-corrected chi connectivity index (χ2v) is 8.81. The highest BCUT2D eigenvalue weighted by Gasteiger charge is 2.35. The molecule has 0 saturated carbocycles. The Morgan fingerprint density at radius 1 is 1.22 bits per heavy atom. The summed E-state index contributed by atoms with van der Waals surface area (Å²) in [5, 5.41) is 8.58. The summed E-state index contributed by atoms with van der Waals surface area (Å²) >= 11 is 5.93. The van der Waals surface area contributed by atoms with Crippen molar-refractivity contribution in [1.82, 2.24) is 19.5 Å². The predicted molar refractivity (Wildman–Crippen MR) is 99.8 cm³/mol. The van der Waals surface area contributed by atoms with Crippen LogP contribution in [0, 0.1) is 6.92 Å². The van der Waals surface area contributed by atoms with E-state index in [4.69, 9.17) is 16.0 Å². The maximum atomic E-state index is 12.8. The summed E-state index contributed by atoms with van der Waals surface area (Å²) in [6.07, 6.45) is 2.30. The molecular formula is C18H17ClN4O3S. The normalized spacial score (nSPS) is 18.1. The van der Waals surface area contributed by atoms with Gasteiger partial charge in [-0.15, -0.1) is 10.2 Å². The fraction of sp³-hybridized carbons (Fsp3) is 0.278. The molecule has 27 heavy (non-hydrogen) atoms. The number of hydrogen-bond acceptors (Lipinski definition) is 6. The van der Waals surface area contributed by atoms with Crippen LogP contribution in [0.5, 0.6) is 0 Å². The molecule has 1 aromatic carbocycles. The van der Waals surface area contributed by atoms with Crippen molar-refractivity contribution in [2.75, 3.05) is 13.1 Å². The van der Waals surface area contributed by atoms with E-state index in [2.05, 4.69) is 15.2 Å². The monoisotopic (exact) mass is 404 g/mol. The number of pyridine rings is 1. The molecule has 9 heteroatoms. The van der Waals surface area contributed by atoms with Gasteiger partial charge in [-0.25, -0.2) is 8.42 Å². The van der Waals surface area contributed by atoms with Gasteiger partial charge in [0.15, 0.2) is 0 Å². The third-order valence-corrected chi connectivity index (χ3v) is 6.63. The summed E-state index contributed by atoms with van der Waals surface area (Å²) in [5.74, 6) is 0.682. The molecule has 1 saturated heterocycles. The topological polar surface area (TPSA) is 89.2 Å². The molecule has 1 fully saturated rings. The van der Waals surface area contributed by atoms with E-state index in [1.807, 2.05) is 19.1 Å². The van der Waals surface area contributed by atoms with Crippen molar-refractivity contribution in [1.29, 1.82) is 0 Å². The van der Waals surface area contributed by atoms with Crippen LogP contribution in [-0.2, 0) is 10.0 Å². The minimum Gasteiger partial charge on any atom is -0.420 e. The third-order valence-electron chi connectivity index (χ3n) is 4.53. The fourth-order valence-corrected chi connectivity index (χ4v) is 4.84. The van der Waals surface area contributed by atoms with E-state index in [1.54, 1.807) is 24.4 Å². The Kier molecular flexibility index (Phi) is 4.71. The largest absolute Gasteiger partial charge is 0.420 e. The van der Waals surface area contributed by atoms with Crippen LogP contribution in [-0.4, -0.2) is 41.0 Å². The van der Waals surface area contributed by atoms with E-state index in [9.17, 15) is 8.42 Å². The van der Waals surface area contributed by atoms with E-state index < -0.39 is 10.0 Å². The molecule has 4 rings (SSSR count). The number of aromatic nitrogens is 3. The second kappa shape index (κ2) is 7.03. The molecule has 3 aromatic rings. The zero-order valence-electron chi connectivity index (χ0n) is 14.5. The standard InChI is InChI=1S/C18H17ClN4O3S/c1-12-5-6-13(10-20-12)17-21-22-18(26-17)14-7-8-23(11-14)27(24,25)16-4-2-3-15(19)9-16/h2-6,9-10,14H,7-8,11H2,1H3/t14-/m0/s1. The van der Waals surface area contributed by atoms with Crippen LogP contribution in [0.25, 0.3) is 11.5 Å². The van der Waals surface area contributed by atoms with E-state index >= 15 is 0 Å². The Morgan fingerprint density at radius 2 is 2.07 bits per heavy atom. The molecule has 0 radical (unpaired) electrons. The van der Waals surface area contributed by atoms with Crippen LogP contribution in [0.3, 0.4) is 0 Å². The zero-order valence-corrected chi connectivity index (χ0v) is 16.1. The van der Waals surface area contributed by atoms with Crippen LogP contribution in [0.4, 0.5) is 0 Å². The molecule has 1 aliphatic rings. The number of aryl methyl sites for hydroxylation is 1. The third kappa shape index (κ3) is 3.60. The van der Waals surface area contributed by atoms with Crippen LogP contribution >= 0.6 is 11.6 Å². The van der Waals surface area contributed by atoms with Gasteiger partial charge >= 0.3 is 0 Å². The van der Waals surface area contributed by atoms with Crippen LogP contribution in [0.2, 0.25) is 5.02 Å². The first kappa shape index (κ1) is 18.1. The van der Waals surface area contributed by atoms with Gasteiger partial charge < -0.3 is 4.42 Å². The Balaban J connectivity index is 1.52. The lowest BCUT2D eigenvalue weighted by Crippen LogP contribution is -2.28. The van der Waals surface area contributed by atoms with Crippen molar-refractivity contribution in [3.8, 4) is 11.5 Å². The fourth-order valence-electron chi connectivity index (χ4n) is 3.04. The minimum absolute atomic E-state index is 0.140. The molecule has 0 spiro atoms. The zero-order chi connectivity index (χ0) is 19.0. The molecule has 1 atom stereocenters. The van der Waals surface area contributed by atoms with Gasteiger partial charge in [-0.2, -0.15) is 4.31 Å². The number of nitrogens with zero attached hydrogens (tertiary/aromatic N) is 4. The van der Waals surface area contributed by atoms with Gasteiger partial charge in [0.05, 0.1) is 16.4 Å². The van der Waals surface area contributed by atoms with Gasteiger partial charge in [-0.1, -0.05) is 17.7 Å². The summed E-state index contributed by atoms with van der Waals surface area (Å²) in [5.41, 5.74) is 1.64. The van der Waals surface area contributed by atoms with Gasteiger partial charge in [0, 0.05) is 30.0 Å². The van der Waals surface area contributed by atoms with Gasteiger partial charge in [0.1, 0.15) is 0 Å². The lowest BCUT2D eigenvalue weighted by atomic mass is 10.1. The maximum absolute atomic E-state index is 12.8. The Hall–Kier alpha value is -2.29. The van der Waals surface area contributed by atoms with Gasteiger partial charge in [0.2, 0.25) is 21.8 Å². The summed E-state index contributed by atoms with van der Waals surface area (Å²) in [6.45, 7) is 2.59. The van der Waals surface area contributed by atoms with Crippen molar-refractivity contribution in [2.24, 2.45) is 0 Å². The van der Waals surface area contributed by atoms with Gasteiger partial charge in [-0.05, 0) is 43.7 Å². The van der Waals surface area contributed by atoms with Crippen molar-refractivity contribution in [3.63, 3.8) is 0 Å². The molecule has 0 amide bonds. The molecule has 2 aromatic heterocycles. The Labute approximate surface area is 162 Å². The highest BCUT2D eigenvalue weighted by Crippen LogP contribution is 2.32. The number of hydrogen-bond donors (Lipinski definition) is 0. The van der Waals surface area contributed by atoms with E-state index in [1.165, 1.54) is 10.4 Å². The van der Waals surface area contributed by atoms with Crippen LogP contribution in [0.15, 0.2) is 51.9 Å². The number of rotatable bonds is 4. The first-order valence-corrected chi connectivity index (χ1v) is 10.3. The molecule has 140 valence electrons. The van der Waals surface area contributed by atoms with E-state index in [0.717, 1.165) is 11.3 Å². The molecular weight excluding hydrogens is 388 g/mol. The van der Waals surface area contributed by atoms with Crippen LogP contribution < -0.4 is 0 Å². The molecule has 1 aliphatic heterocycles. The molecule has 3 heterocycles. The Bertz CT molecular complexity index is 1070. The molecule has 0 bridgehead atoms. The number of benzene rings is 1. The average molecular weight is 405 g/mol. The molecule has 0 unspecified atom stereocenters. The smallest absolute Gasteiger partial charge is 0.249 e. The highest BCUT2D eigenvalue weighted by atomic mass is 35.5. The lowest BCUT2D eigenvalue weighted by molar-refractivity contribution is 0.440. The van der Waals surface area contributed by atoms with Crippen molar-refractivity contribution >= 4 is 21.6 Å². The molecule has 7 nitrogen and oxygen atoms in total. The first-order chi connectivity index (χ1) is 12.9. The van der Waals surface area contributed by atoms with Crippen molar-refractivity contribution in [3.05, 3.63) is 59.2 Å². The summed E-state index contributed by atoms with van der Waals surface area (Å²) in [7, 11) is -3.60. The SMILES string of the molecule is Cc1ccc(-c2nnc([C@H]3CCN(S(=O)(=O)c4cccc(Cl)c4)C3)o2)cn1. The van der Waals surface area contributed by atoms with E-state index in [-0.39, 0.29) is 10.8 Å².